The quantitative estimate of drug-likeness (QED) is 0.225. The highest BCUT2D eigenvalue weighted by Gasteiger charge is 2.17. The number of carbonyl (C=O) groups excluding carboxylic acids is 2. The van der Waals surface area contributed by atoms with Crippen LogP contribution in [0, 0.1) is 11.3 Å². The molecular weight excluding hydrogens is 476 g/mol. The summed E-state index contributed by atoms with van der Waals surface area (Å²) < 4.78 is 31.9. The van der Waals surface area contributed by atoms with E-state index < -0.39 is 26.9 Å². The van der Waals surface area contributed by atoms with Gasteiger partial charge in [0.25, 0.3) is 11.1 Å². The summed E-state index contributed by atoms with van der Waals surface area (Å²) in [7, 11) is -3.61. The van der Waals surface area contributed by atoms with Crippen molar-refractivity contribution < 1.29 is 22.7 Å². The average molecular weight is 497 g/mol. The first kappa shape index (κ1) is 24.8. The highest BCUT2D eigenvalue weighted by Crippen LogP contribution is 2.20. The molecule has 0 atom stereocenters. The zero-order valence-corrected chi connectivity index (χ0v) is 20.1. The molecule has 174 valence electrons. The number of ether oxygens (including phenoxy) is 1. The summed E-state index contributed by atoms with van der Waals surface area (Å²) in [5, 5.41) is 11.2. The van der Waals surface area contributed by atoms with Crippen LogP contribution in [0.5, 0.6) is 5.75 Å². The smallest absolute Gasteiger partial charge is 0.343 e. The molecule has 2 aromatic carbocycles. The molecule has 9 nitrogen and oxygen atoms in total. The van der Waals surface area contributed by atoms with Crippen molar-refractivity contribution in [1.29, 1.82) is 5.26 Å². The summed E-state index contributed by atoms with van der Waals surface area (Å²) in [6.07, 6.45) is 2.29. The summed E-state index contributed by atoms with van der Waals surface area (Å²) >= 11 is 0.689. The number of anilines is 1. The predicted molar refractivity (Wildman–Crippen MR) is 127 cm³/mol. The van der Waals surface area contributed by atoms with Gasteiger partial charge >= 0.3 is 5.97 Å². The third-order valence-electron chi connectivity index (χ3n) is 4.54. The van der Waals surface area contributed by atoms with Gasteiger partial charge in [-0.3, -0.25) is 10.1 Å². The van der Waals surface area contributed by atoms with E-state index >= 15 is 0 Å². The first-order valence-electron chi connectivity index (χ1n) is 9.96. The Hall–Kier alpha value is -3.88. The van der Waals surface area contributed by atoms with Gasteiger partial charge in [-0.25, -0.2) is 13.2 Å². The van der Waals surface area contributed by atoms with E-state index in [1.165, 1.54) is 6.08 Å². The fraction of sp³-hybridized carbons (Fsp3) is 0.174. The third-order valence-corrected chi connectivity index (χ3v) is 6.13. The molecule has 1 N–H and O–H groups in total. The second-order valence-electron chi connectivity index (χ2n) is 7.51. The van der Waals surface area contributed by atoms with Crippen molar-refractivity contribution in [3.05, 3.63) is 70.8 Å². The van der Waals surface area contributed by atoms with Gasteiger partial charge in [0, 0.05) is 17.8 Å². The molecular formula is C23H20N4O5S2. The Morgan fingerprint density at radius 1 is 1.12 bits per heavy atom. The molecule has 11 heteroatoms. The zero-order chi connectivity index (χ0) is 24.9. The maximum absolute atomic E-state index is 12.4. The fourth-order valence-electron chi connectivity index (χ4n) is 2.69. The molecule has 1 aromatic heterocycles. The number of aromatic nitrogens is 2. The standard InChI is InChI=1S/C23H20N4O5S2/c1-14(2)16-6-8-17(9-7-16)21(29)32-19-10-4-15(5-11-19)12-18(13-24)20(28)25-22-26-23(27-33-22)34(3,30)31/h4-12,14H,1-3H3,(H,25,26,27,28)/b18-12-. The highest BCUT2D eigenvalue weighted by molar-refractivity contribution is 7.90. The average Bonchev–Trinajstić information content (AvgIpc) is 3.27. The molecule has 0 unspecified atom stereocenters. The van der Waals surface area contributed by atoms with Crippen molar-refractivity contribution >= 4 is 44.5 Å². The molecule has 0 radical (unpaired) electrons. The van der Waals surface area contributed by atoms with Crippen LogP contribution in [-0.4, -0.2) is 35.9 Å². The number of nitrogens with one attached hydrogen (secondary N) is 1. The third kappa shape index (κ3) is 6.34. The Morgan fingerprint density at radius 2 is 1.76 bits per heavy atom. The van der Waals surface area contributed by atoms with Crippen molar-refractivity contribution in [2.45, 2.75) is 24.9 Å². The Kier molecular flexibility index (Phi) is 7.55. The van der Waals surface area contributed by atoms with Gasteiger partial charge < -0.3 is 4.74 Å². The van der Waals surface area contributed by atoms with Gasteiger partial charge in [0.15, 0.2) is 0 Å². The van der Waals surface area contributed by atoms with Crippen LogP contribution < -0.4 is 10.1 Å². The lowest BCUT2D eigenvalue weighted by Gasteiger charge is -2.07. The largest absolute Gasteiger partial charge is 0.423 e. The number of amides is 1. The first-order chi connectivity index (χ1) is 16.1. The summed E-state index contributed by atoms with van der Waals surface area (Å²) in [4.78, 5) is 28.4. The Bertz CT molecular complexity index is 1380. The van der Waals surface area contributed by atoms with Gasteiger partial charge in [0.05, 0.1) is 5.56 Å². The van der Waals surface area contributed by atoms with E-state index in [4.69, 9.17) is 4.74 Å². The molecule has 3 aromatic rings. The molecule has 0 fully saturated rings. The predicted octanol–water partition coefficient (Wildman–Crippen LogP) is 3.83. The maximum Gasteiger partial charge on any atom is 0.343 e. The van der Waals surface area contributed by atoms with Crippen molar-refractivity contribution in [2.24, 2.45) is 0 Å². The van der Waals surface area contributed by atoms with Crippen molar-refractivity contribution in [1.82, 2.24) is 9.36 Å². The van der Waals surface area contributed by atoms with Crippen molar-refractivity contribution in [3.8, 4) is 11.8 Å². The van der Waals surface area contributed by atoms with E-state index in [0.29, 0.717) is 34.3 Å². The minimum absolute atomic E-state index is 0.0461. The summed E-state index contributed by atoms with van der Waals surface area (Å²) in [6.45, 7) is 4.13. The van der Waals surface area contributed by atoms with Crippen LogP contribution in [0.3, 0.4) is 0 Å². The second kappa shape index (κ2) is 10.4. The fourth-order valence-corrected chi connectivity index (χ4v) is 4.13. The van der Waals surface area contributed by atoms with Gasteiger partial charge in [-0.2, -0.15) is 14.6 Å². The normalized spacial score (nSPS) is 11.7. The topological polar surface area (TPSA) is 139 Å². The van der Waals surface area contributed by atoms with Gasteiger partial charge in [-0.05, 0) is 47.4 Å². The summed E-state index contributed by atoms with van der Waals surface area (Å²) in [6, 6.07) is 15.2. The van der Waals surface area contributed by atoms with Crippen LogP contribution in [0.15, 0.2) is 59.3 Å². The van der Waals surface area contributed by atoms with Gasteiger partial charge in [-0.1, -0.05) is 38.1 Å². The van der Waals surface area contributed by atoms with Gasteiger partial charge in [0.1, 0.15) is 17.4 Å². The second-order valence-corrected chi connectivity index (χ2v) is 10.2. The molecule has 0 aliphatic rings. The first-order valence-corrected chi connectivity index (χ1v) is 12.6. The molecule has 1 heterocycles. The molecule has 0 bridgehead atoms. The molecule has 0 saturated heterocycles. The number of esters is 1. The van der Waals surface area contributed by atoms with E-state index in [0.717, 1.165) is 11.8 Å². The number of hydrogen-bond donors (Lipinski definition) is 1. The van der Waals surface area contributed by atoms with E-state index in [1.54, 1.807) is 42.5 Å². The van der Waals surface area contributed by atoms with Crippen LogP contribution >= 0.6 is 11.5 Å². The maximum atomic E-state index is 12.4. The summed E-state index contributed by atoms with van der Waals surface area (Å²) in [5.41, 5.74) is 1.83. The van der Waals surface area contributed by atoms with Gasteiger partial charge in [0.2, 0.25) is 15.0 Å². The SMILES string of the molecule is CC(C)c1ccc(C(=O)Oc2ccc(/C=C(/C#N)C(=O)Nc3nc(S(C)(=O)=O)ns3)cc2)cc1. The number of rotatable bonds is 7. The molecule has 0 aliphatic heterocycles. The monoisotopic (exact) mass is 496 g/mol. The van der Waals surface area contributed by atoms with Crippen molar-refractivity contribution in [2.75, 3.05) is 11.6 Å². The lowest BCUT2D eigenvalue weighted by molar-refractivity contribution is -0.112. The Labute approximate surface area is 200 Å². The van der Waals surface area contributed by atoms with Crippen LogP contribution in [-0.2, 0) is 14.6 Å². The highest BCUT2D eigenvalue weighted by atomic mass is 32.2. The molecule has 0 saturated carbocycles. The number of hydrogen-bond acceptors (Lipinski definition) is 9. The molecule has 3 rings (SSSR count). The zero-order valence-electron chi connectivity index (χ0n) is 18.5. The molecule has 0 aliphatic carbocycles. The van der Waals surface area contributed by atoms with Crippen molar-refractivity contribution in [3.63, 3.8) is 0 Å². The lowest BCUT2D eigenvalue weighted by atomic mass is 10.0. The van der Waals surface area contributed by atoms with E-state index in [-0.39, 0.29) is 10.7 Å². The van der Waals surface area contributed by atoms with Crippen LogP contribution in [0.25, 0.3) is 6.08 Å². The number of sulfone groups is 1. The minimum atomic E-state index is -3.61. The van der Waals surface area contributed by atoms with E-state index in [9.17, 15) is 23.3 Å². The van der Waals surface area contributed by atoms with Gasteiger partial charge in [-0.15, -0.1) is 0 Å². The van der Waals surface area contributed by atoms with Crippen LogP contribution in [0.1, 0.15) is 41.3 Å². The van der Waals surface area contributed by atoms with E-state index in [2.05, 4.69) is 28.5 Å². The lowest BCUT2D eigenvalue weighted by Crippen LogP contribution is -2.13. The number of nitriles is 1. The van der Waals surface area contributed by atoms with Crippen LogP contribution in [0.2, 0.25) is 0 Å². The number of carbonyl (C=O) groups is 2. The Balaban J connectivity index is 1.67. The summed E-state index contributed by atoms with van der Waals surface area (Å²) in [5.74, 6) is -0.602. The minimum Gasteiger partial charge on any atom is -0.423 e. The number of nitrogens with zero attached hydrogens (tertiary/aromatic N) is 3. The molecule has 34 heavy (non-hydrogen) atoms. The molecule has 1 amide bonds. The van der Waals surface area contributed by atoms with E-state index in [1.807, 2.05) is 12.1 Å². The molecule has 0 spiro atoms. The van der Waals surface area contributed by atoms with Crippen LogP contribution in [0.4, 0.5) is 5.13 Å². The Morgan fingerprint density at radius 3 is 2.29 bits per heavy atom. The number of benzene rings is 2.